The summed E-state index contributed by atoms with van der Waals surface area (Å²) in [5.74, 6) is 0.207. The lowest BCUT2D eigenvalue weighted by Gasteiger charge is -2.02. The predicted molar refractivity (Wildman–Crippen MR) is 57.1 cm³/mol. The zero-order valence-electron chi connectivity index (χ0n) is 7.62. The van der Waals surface area contributed by atoms with Crippen LogP contribution >= 0.6 is 12.4 Å². The van der Waals surface area contributed by atoms with Gasteiger partial charge in [0.1, 0.15) is 5.78 Å². The van der Waals surface area contributed by atoms with E-state index >= 15 is 0 Å². The van der Waals surface area contributed by atoms with Crippen molar-refractivity contribution >= 4 is 23.9 Å². The van der Waals surface area contributed by atoms with Crippen LogP contribution in [-0.4, -0.2) is 5.78 Å². The number of ketones is 1. The first-order valence-electron chi connectivity index (χ1n) is 4.03. The van der Waals surface area contributed by atoms with Gasteiger partial charge in [-0.25, -0.2) is 0 Å². The fourth-order valence-electron chi connectivity index (χ4n) is 1.07. The summed E-state index contributed by atoms with van der Waals surface area (Å²) in [6, 6.07) is 7.65. The second-order valence-electron chi connectivity index (χ2n) is 2.90. The molecule has 0 aliphatic heterocycles. The zero-order chi connectivity index (χ0) is 8.97. The fraction of sp³-hybridized carbons (Fsp3) is 0.300. The van der Waals surface area contributed by atoms with Crippen LogP contribution < -0.4 is 5.73 Å². The van der Waals surface area contributed by atoms with Crippen molar-refractivity contribution in [2.24, 2.45) is 0 Å². The van der Waals surface area contributed by atoms with Gasteiger partial charge in [-0.1, -0.05) is 18.2 Å². The van der Waals surface area contributed by atoms with Crippen molar-refractivity contribution < 1.29 is 4.79 Å². The van der Waals surface area contributed by atoms with Gasteiger partial charge in [-0.2, -0.15) is 0 Å². The number of carbonyl (C=O) groups excluding carboxylic acids is 1. The molecule has 2 nitrogen and oxygen atoms in total. The van der Waals surface area contributed by atoms with Crippen LogP contribution in [-0.2, 0) is 11.2 Å². The van der Waals surface area contributed by atoms with Crippen molar-refractivity contribution in [3.05, 3.63) is 29.8 Å². The Bertz CT molecular complexity index is 286. The normalized spacial score (nSPS) is 9.00. The van der Waals surface area contributed by atoms with Gasteiger partial charge in [-0.15, -0.1) is 12.4 Å². The van der Waals surface area contributed by atoms with E-state index in [1.165, 1.54) is 0 Å². The van der Waals surface area contributed by atoms with Crippen molar-refractivity contribution in [1.29, 1.82) is 0 Å². The number of aryl methyl sites for hydroxylation is 1. The third kappa shape index (κ3) is 3.95. The number of benzene rings is 1. The van der Waals surface area contributed by atoms with Crippen LogP contribution in [0.5, 0.6) is 0 Å². The number of nitrogen functional groups attached to an aromatic ring is 1. The highest BCUT2D eigenvalue weighted by Crippen LogP contribution is 2.12. The summed E-state index contributed by atoms with van der Waals surface area (Å²) in [6.45, 7) is 1.60. The van der Waals surface area contributed by atoms with Crippen LogP contribution in [0.2, 0.25) is 0 Å². The summed E-state index contributed by atoms with van der Waals surface area (Å²) >= 11 is 0. The van der Waals surface area contributed by atoms with Crippen molar-refractivity contribution in [3.8, 4) is 0 Å². The van der Waals surface area contributed by atoms with Crippen LogP contribution in [0.3, 0.4) is 0 Å². The van der Waals surface area contributed by atoms with Crippen LogP contribution in [0.1, 0.15) is 18.9 Å². The molecule has 3 heteroatoms. The number of anilines is 1. The van der Waals surface area contributed by atoms with Gasteiger partial charge < -0.3 is 10.5 Å². The molecule has 0 aromatic heterocycles. The molecule has 0 amide bonds. The fourth-order valence-corrected chi connectivity index (χ4v) is 1.07. The Kier molecular flexibility index (Phi) is 5.16. The molecule has 0 bridgehead atoms. The minimum Gasteiger partial charge on any atom is -0.399 e. The maximum absolute atomic E-state index is 10.7. The summed E-state index contributed by atoms with van der Waals surface area (Å²) in [5, 5.41) is 0. The monoisotopic (exact) mass is 199 g/mol. The average Bonchev–Trinajstić information content (AvgIpc) is 2.03. The van der Waals surface area contributed by atoms with E-state index in [1.807, 2.05) is 24.3 Å². The van der Waals surface area contributed by atoms with E-state index in [9.17, 15) is 4.79 Å². The SMILES string of the molecule is CC(=O)CCc1ccccc1N.Cl. The molecule has 1 aromatic rings. The second-order valence-corrected chi connectivity index (χ2v) is 2.90. The van der Waals surface area contributed by atoms with E-state index in [2.05, 4.69) is 0 Å². The van der Waals surface area contributed by atoms with E-state index in [0.29, 0.717) is 6.42 Å². The number of Topliss-reactive ketones (excluding diaryl/α,β-unsaturated/α-hetero) is 1. The molecule has 0 saturated carbocycles. The molecule has 0 saturated heterocycles. The molecule has 1 aromatic carbocycles. The Morgan fingerprint density at radius 3 is 2.54 bits per heavy atom. The number of hydrogen-bond donors (Lipinski definition) is 1. The first-order chi connectivity index (χ1) is 5.70. The summed E-state index contributed by atoms with van der Waals surface area (Å²) in [4.78, 5) is 10.7. The van der Waals surface area contributed by atoms with Crippen LogP contribution in [0.4, 0.5) is 5.69 Å². The van der Waals surface area contributed by atoms with Crippen molar-refractivity contribution in [2.45, 2.75) is 19.8 Å². The minimum atomic E-state index is 0. The highest BCUT2D eigenvalue weighted by Gasteiger charge is 1.98. The molecule has 13 heavy (non-hydrogen) atoms. The molecule has 0 fully saturated rings. The first-order valence-corrected chi connectivity index (χ1v) is 4.03. The summed E-state index contributed by atoms with van der Waals surface area (Å²) in [5.41, 5.74) is 7.53. The second kappa shape index (κ2) is 5.60. The lowest BCUT2D eigenvalue weighted by molar-refractivity contribution is -0.116. The molecule has 72 valence electrons. The van der Waals surface area contributed by atoms with Gasteiger partial charge in [0.15, 0.2) is 0 Å². The number of halogens is 1. The molecule has 1 rings (SSSR count). The van der Waals surface area contributed by atoms with E-state index in [1.54, 1.807) is 6.92 Å². The summed E-state index contributed by atoms with van der Waals surface area (Å²) in [6.07, 6.45) is 1.33. The Hall–Kier alpha value is -1.02. The van der Waals surface area contributed by atoms with Gasteiger partial charge in [0.25, 0.3) is 0 Å². The highest BCUT2D eigenvalue weighted by molar-refractivity contribution is 5.85. The van der Waals surface area contributed by atoms with E-state index in [4.69, 9.17) is 5.73 Å². The standard InChI is InChI=1S/C10H13NO.ClH/c1-8(12)6-7-9-4-2-3-5-10(9)11;/h2-5H,6-7,11H2,1H3;1H. The molecule has 0 aliphatic carbocycles. The lowest BCUT2D eigenvalue weighted by atomic mass is 10.1. The maximum atomic E-state index is 10.7. The lowest BCUT2D eigenvalue weighted by Crippen LogP contribution is -1.97. The molecule has 0 unspecified atom stereocenters. The largest absolute Gasteiger partial charge is 0.399 e. The third-order valence-corrected chi connectivity index (χ3v) is 1.80. The molecular weight excluding hydrogens is 186 g/mol. The first kappa shape index (κ1) is 12.0. The predicted octanol–water partition coefficient (Wildman–Crippen LogP) is 2.21. The number of carbonyl (C=O) groups is 1. The van der Waals surface area contributed by atoms with Crippen molar-refractivity contribution in [3.63, 3.8) is 0 Å². The Morgan fingerprint density at radius 2 is 2.00 bits per heavy atom. The minimum absolute atomic E-state index is 0. The molecule has 2 N–H and O–H groups in total. The molecule has 0 heterocycles. The number of para-hydroxylation sites is 1. The molecule has 0 aliphatic rings. The van der Waals surface area contributed by atoms with E-state index in [-0.39, 0.29) is 18.2 Å². The van der Waals surface area contributed by atoms with E-state index < -0.39 is 0 Å². The molecule has 0 spiro atoms. The Balaban J connectivity index is 0.00000144. The number of hydrogen-bond acceptors (Lipinski definition) is 2. The number of nitrogens with two attached hydrogens (primary N) is 1. The number of rotatable bonds is 3. The highest BCUT2D eigenvalue weighted by atomic mass is 35.5. The third-order valence-electron chi connectivity index (χ3n) is 1.80. The van der Waals surface area contributed by atoms with Crippen LogP contribution in [0.15, 0.2) is 24.3 Å². The van der Waals surface area contributed by atoms with E-state index in [0.717, 1.165) is 17.7 Å². The molecular formula is C10H14ClNO. The van der Waals surface area contributed by atoms with Gasteiger partial charge in [-0.3, -0.25) is 0 Å². The average molecular weight is 200 g/mol. The van der Waals surface area contributed by atoms with Crippen molar-refractivity contribution in [1.82, 2.24) is 0 Å². The van der Waals surface area contributed by atoms with Gasteiger partial charge in [0, 0.05) is 12.1 Å². The topological polar surface area (TPSA) is 43.1 Å². The smallest absolute Gasteiger partial charge is 0.130 e. The van der Waals surface area contributed by atoms with Crippen LogP contribution in [0.25, 0.3) is 0 Å². The van der Waals surface area contributed by atoms with Crippen LogP contribution in [0, 0.1) is 0 Å². The summed E-state index contributed by atoms with van der Waals surface area (Å²) < 4.78 is 0. The van der Waals surface area contributed by atoms with Gasteiger partial charge >= 0.3 is 0 Å². The van der Waals surface area contributed by atoms with Gasteiger partial charge in [0.2, 0.25) is 0 Å². The molecule has 0 atom stereocenters. The van der Waals surface area contributed by atoms with Gasteiger partial charge in [0.05, 0.1) is 0 Å². The maximum Gasteiger partial charge on any atom is 0.130 e. The van der Waals surface area contributed by atoms with Crippen molar-refractivity contribution in [2.75, 3.05) is 5.73 Å². The Morgan fingerprint density at radius 1 is 1.38 bits per heavy atom. The summed E-state index contributed by atoms with van der Waals surface area (Å²) in [7, 11) is 0. The quantitative estimate of drug-likeness (QED) is 0.759. The molecule has 0 radical (unpaired) electrons. The zero-order valence-corrected chi connectivity index (χ0v) is 8.43. The Labute approximate surface area is 84.5 Å². The van der Waals surface area contributed by atoms with Gasteiger partial charge in [-0.05, 0) is 25.0 Å².